The molecule has 0 saturated heterocycles. The number of carbonyl (C=O) groups excluding carboxylic acids is 1. The van der Waals surface area contributed by atoms with Crippen molar-refractivity contribution in [1.82, 2.24) is 0 Å². The molecule has 0 radical (unpaired) electrons. The van der Waals surface area contributed by atoms with Gasteiger partial charge in [0, 0.05) is 17.7 Å². The van der Waals surface area contributed by atoms with Crippen LogP contribution in [0.25, 0.3) is 0 Å². The first-order valence-corrected chi connectivity index (χ1v) is 8.44. The molecule has 5 heteroatoms. The lowest BCUT2D eigenvalue weighted by Gasteiger charge is -2.25. The monoisotopic (exact) mass is 354 g/mol. The third kappa shape index (κ3) is 3.38. The molecule has 26 heavy (non-hydrogen) atoms. The Kier molecular flexibility index (Phi) is 4.89. The van der Waals surface area contributed by atoms with Crippen LogP contribution in [0.4, 0.5) is 0 Å². The lowest BCUT2D eigenvalue weighted by atomic mass is 9.87. The van der Waals surface area contributed by atoms with Crippen LogP contribution in [0.1, 0.15) is 41.3 Å². The first kappa shape index (κ1) is 17.9. The standard InChI is InChI=1S/C21H22O5/c1-12(2)4-5-13-8-16(18(23)10-19(13)25-3)17-11-26-20-9-14(22)6-7-15(20)21(17)24/h4,6-10,17,22-23H,5,11H2,1-3H3/t17-/m0/s1. The Morgan fingerprint density at radius 3 is 2.73 bits per heavy atom. The van der Waals surface area contributed by atoms with Crippen LogP contribution in [0.3, 0.4) is 0 Å². The zero-order chi connectivity index (χ0) is 18.8. The van der Waals surface area contributed by atoms with E-state index in [0.29, 0.717) is 29.0 Å². The third-order valence-electron chi connectivity index (χ3n) is 4.49. The van der Waals surface area contributed by atoms with Gasteiger partial charge in [0.1, 0.15) is 29.6 Å². The Morgan fingerprint density at radius 2 is 2.04 bits per heavy atom. The van der Waals surface area contributed by atoms with Crippen molar-refractivity contribution in [3.8, 4) is 23.0 Å². The summed E-state index contributed by atoms with van der Waals surface area (Å²) in [5.41, 5.74) is 2.99. The van der Waals surface area contributed by atoms with E-state index in [4.69, 9.17) is 9.47 Å². The van der Waals surface area contributed by atoms with Gasteiger partial charge in [-0.15, -0.1) is 0 Å². The van der Waals surface area contributed by atoms with Crippen molar-refractivity contribution >= 4 is 5.78 Å². The lowest BCUT2D eigenvalue weighted by molar-refractivity contribution is 0.0894. The van der Waals surface area contributed by atoms with Gasteiger partial charge in [0.05, 0.1) is 18.6 Å². The Morgan fingerprint density at radius 1 is 1.27 bits per heavy atom. The number of phenols is 2. The summed E-state index contributed by atoms with van der Waals surface area (Å²) in [6.45, 7) is 4.13. The summed E-state index contributed by atoms with van der Waals surface area (Å²) < 4.78 is 11.0. The number of allylic oxidation sites excluding steroid dienone is 2. The molecule has 0 saturated carbocycles. The Balaban J connectivity index is 2.01. The van der Waals surface area contributed by atoms with Crippen LogP contribution in [0.2, 0.25) is 0 Å². The largest absolute Gasteiger partial charge is 0.508 e. The molecule has 1 heterocycles. The van der Waals surface area contributed by atoms with Crippen molar-refractivity contribution in [3.63, 3.8) is 0 Å². The average molecular weight is 354 g/mol. The number of Topliss-reactive ketones (excluding diaryl/α,β-unsaturated/α-hetero) is 1. The van der Waals surface area contributed by atoms with Crippen molar-refractivity contribution in [1.29, 1.82) is 0 Å². The molecule has 0 aromatic heterocycles. The quantitative estimate of drug-likeness (QED) is 0.813. The second-order valence-corrected chi connectivity index (χ2v) is 6.62. The summed E-state index contributed by atoms with van der Waals surface area (Å²) in [5, 5.41) is 20.0. The molecular weight excluding hydrogens is 332 g/mol. The normalized spacial score (nSPS) is 15.8. The van der Waals surface area contributed by atoms with Crippen LogP contribution in [-0.2, 0) is 6.42 Å². The molecule has 0 unspecified atom stereocenters. The van der Waals surface area contributed by atoms with E-state index in [1.54, 1.807) is 19.2 Å². The van der Waals surface area contributed by atoms with E-state index in [1.165, 1.54) is 17.7 Å². The van der Waals surface area contributed by atoms with Gasteiger partial charge in [0.15, 0.2) is 5.78 Å². The molecule has 1 aliphatic heterocycles. The summed E-state index contributed by atoms with van der Waals surface area (Å²) in [6.07, 6.45) is 2.71. The number of hydrogen-bond acceptors (Lipinski definition) is 5. The van der Waals surface area contributed by atoms with Gasteiger partial charge in [-0.2, -0.15) is 0 Å². The summed E-state index contributed by atoms with van der Waals surface area (Å²) in [5.74, 6) is 0.254. The molecule has 136 valence electrons. The number of phenolic OH excluding ortho intramolecular Hbond substituents is 2. The van der Waals surface area contributed by atoms with E-state index in [-0.39, 0.29) is 23.9 Å². The fourth-order valence-corrected chi connectivity index (χ4v) is 3.08. The lowest BCUT2D eigenvalue weighted by Crippen LogP contribution is -2.26. The van der Waals surface area contributed by atoms with Crippen molar-refractivity contribution in [2.45, 2.75) is 26.2 Å². The van der Waals surface area contributed by atoms with E-state index in [9.17, 15) is 15.0 Å². The molecule has 5 nitrogen and oxygen atoms in total. The fourth-order valence-electron chi connectivity index (χ4n) is 3.08. The number of fused-ring (bicyclic) bond motifs is 1. The number of ether oxygens (including phenoxy) is 2. The van der Waals surface area contributed by atoms with Crippen molar-refractivity contribution in [2.24, 2.45) is 0 Å². The predicted octanol–water partition coefficient (Wildman–Crippen LogP) is 3.97. The van der Waals surface area contributed by atoms with Crippen molar-refractivity contribution in [3.05, 3.63) is 58.7 Å². The average Bonchev–Trinajstić information content (AvgIpc) is 2.60. The van der Waals surface area contributed by atoms with E-state index in [0.717, 1.165) is 5.56 Å². The molecule has 3 rings (SSSR count). The summed E-state index contributed by atoms with van der Waals surface area (Å²) in [6, 6.07) is 7.78. The van der Waals surface area contributed by atoms with E-state index >= 15 is 0 Å². The zero-order valence-electron chi connectivity index (χ0n) is 15.1. The molecule has 0 spiro atoms. The number of aromatic hydroxyl groups is 2. The van der Waals surface area contributed by atoms with Crippen molar-refractivity contribution < 1.29 is 24.5 Å². The topological polar surface area (TPSA) is 76.0 Å². The molecule has 0 amide bonds. The third-order valence-corrected chi connectivity index (χ3v) is 4.49. The second kappa shape index (κ2) is 7.12. The zero-order valence-corrected chi connectivity index (χ0v) is 15.1. The highest BCUT2D eigenvalue weighted by Gasteiger charge is 2.32. The van der Waals surface area contributed by atoms with Gasteiger partial charge < -0.3 is 19.7 Å². The van der Waals surface area contributed by atoms with Gasteiger partial charge in [-0.05, 0) is 44.0 Å². The minimum absolute atomic E-state index is 0.00646. The fraction of sp³-hybridized carbons (Fsp3) is 0.286. The minimum atomic E-state index is -0.608. The molecule has 1 aliphatic rings. The van der Waals surface area contributed by atoms with E-state index in [1.807, 2.05) is 19.9 Å². The van der Waals surface area contributed by atoms with Crippen LogP contribution in [0.5, 0.6) is 23.0 Å². The number of ketones is 1. The highest BCUT2D eigenvalue weighted by molar-refractivity contribution is 6.04. The van der Waals surface area contributed by atoms with Gasteiger partial charge in [0.2, 0.25) is 0 Å². The number of carbonyl (C=O) groups is 1. The maximum Gasteiger partial charge on any atom is 0.177 e. The van der Waals surface area contributed by atoms with E-state index in [2.05, 4.69) is 6.08 Å². The SMILES string of the molecule is COc1cc(O)c([C@@H]2COc3cc(O)ccc3C2=O)cc1CC=C(C)C. The highest BCUT2D eigenvalue weighted by Crippen LogP contribution is 2.39. The number of rotatable bonds is 4. The van der Waals surface area contributed by atoms with Crippen LogP contribution < -0.4 is 9.47 Å². The first-order valence-electron chi connectivity index (χ1n) is 8.44. The Hall–Kier alpha value is -2.95. The summed E-state index contributed by atoms with van der Waals surface area (Å²) in [4.78, 5) is 12.9. The second-order valence-electron chi connectivity index (χ2n) is 6.62. The van der Waals surface area contributed by atoms with Crippen LogP contribution >= 0.6 is 0 Å². The summed E-state index contributed by atoms with van der Waals surface area (Å²) >= 11 is 0. The minimum Gasteiger partial charge on any atom is -0.508 e. The highest BCUT2D eigenvalue weighted by atomic mass is 16.5. The van der Waals surface area contributed by atoms with Gasteiger partial charge in [-0.1, -0.05) is 11.6 Å². The Labute approximate surface area is 152 Å². The Bertz CT molecular complexity index is 878. The van der Waals surface area contributed by atoms with Crippen LogP contribution in [0.15, 0.2) is 42.0 Å². The van der Waals surface area contributed by atoms with Gasteiger partial charge >= 0.3 is 0 Å². The molecular formula is C21H22O5. The molecule has 1 atom stereocenters. The maximum atomic E-state index is 12.9. The first-order chi connectivity index (χ1) is 12.4. The molecule has 0 bridgehead atoms. The molecule has 0 aliphatic carbocycles. The molecule has 2 aromatic rings. The number of hydrogen-bond donors (Lipinski definition) is 2. The van der Waals surface area contributed by atoms with Crippen LogP contribution in [-0.4, -0.2) is 29.7 Å². The maximum absolute atomic E-state index is 12.9. The van der Waals surface area contributed by atoms with Gasteiger partial charge in [0.25, 0.3) is 0 Å². The summed E-state index contributed by atoms with van der Waals surface area (Å²) in [7, 11) is 1.55. The van der Waals surface area contributed by atoms with Crippen LogP contribution in [0, 0.1) is 0 Å². The number of methoxy groups -OCH3 is 1. The molecule has 2 N–H and O–H groups in total. The predicted molar refractivity (Wildman–Crippen MR) is 98.5 cm³/mol. The number of benzene rings is 2. The van der Waals surface area contributed by atoms with Gasteiger partial charge in [-0.3, -0.25) is 4.79 Å². The molecule has 0 fully saturated rings. The smallest absolute Gasteiger partial charge is 0.177 e. The van der Waals surface area contributed by atoms with E-state index < -0.39 is 5.92 Å². The van der Waals surface area contributed by atoms with Gasteiger partial charge in [-0.25, -0.2) is 0 Å². The molecule has 2 aromatic carbocycles. The van der Waals surface area contributed by atoms with Crippen molar-refractivity contribution in [2.75, 3.05) is 13.7 Å².